The molecule has 0 N–H and O–H groups in total. The van der Waals surface area contributed by atoms with Crippen LogP contribution in [0.4, 0.5) is 0 Å². The van der Waals surface area contributed by atoms with Crippen LogP contribution in [0.15, 0.2) is 146 Å². The number of rotatable bonds is 48. The zero-order valence-electron chi connectivity index (χ0n) is 58.5. The van der Waals surface area contributed by atoms with Crippen molar-refractivity contribution in [1.29, 1.82) is 0 Å². The molecule has 546 valence electrons. The highest BCUT2D eigenvalue weighted by Crippen LogP contribution is 2.56. The van der Waals surface area contributed by atoms with E-state index in [4.69, 9.17) is 98.0 Å². The molecule has 0 radical (unpaired) electrons. The zero-order valence-corrected chi connectivity index (χ0v) is 63.0. The highest BCUT2D eigenvalue weighted by atomic mass is 35.5. The van der Waals surface area contributed by atoms with Crippen LogP contribution < -0.4 is 0 Å². The predicted octanol–water partition coefficient (Wildman–Crippen LogP) is 23.4. The number of carbonyl (C=O) groups excluding carboxylic acids is 6. The van der Waals surface area contributed by atoms with Gasteiger partial charge in [-0.15, -0.1) is 69.6 Å². The molecule has 0 heterocycles. The average molecular weight is 1510 g/mol. The first-order valence-electron chi connectivity index (χ1n) is 36.2. The molecule has 0 fully saturated rings. The van der Waals surface area contributed by atoms with E-state index in [2.05, 4.69) is 0 Å². The summed E-state index contributed by atoms with van der Waals surface area (Å²) in [5.74, 6) is 0.446. The van der Waals surface area contributed by atoms with E-state index in [-0.39, 0.29) is 39.6 Å². The normalized spacial score (nSPS) is 11.1. The van der Waals surface area contributed by atoms with Crippen LogP contribution >= 0.6 is 69.6 Å². The fourth-order valence-electron chi connectivity index (χ4n) is 11.9. The number of unbranched alkanes of at least 4 members (excludes halogenated alkanes) is 18. The predicted molar refractivity (Wildman–Crippen MR) is 416 cm³/mol. The first kappa shape index (κ1) is 82.4. The van der Waals surface area contributed by atoms with Gasteiger partial charge >= 0.3 is 35.8 Å². The van der Waals surface area contributed by atoms with Crippen molar-refractivity contribution in [2.75, 3.05) is 74.9 Å². The summed E-state index contributed by atoms with van der Waals surface area (Å²) in [7, 11) is 0. The van der Waals surface area contributed by atoms with Crippen molar-refractivity contribution >= 4 is 105 Å². The maximum absolute atomic E-state index is 14.0. The molecule has 0 aromatic heterocycles. The fraction of sp³-hybridized carbons (Fsp3) is 0.429. The van der Waals surface area contributed by atoms with Gasteiger partial charge in [-0.05, 0) is 217 Å². The molecular formula is C84H96Cl6O12. The third-order valence-electron chi connectivity index (χ3n) is 17.5. The molecule has 7 aromatic carbocycles. The first-order chi connectivity index (χ1) is 50.0. The highest BCUT2D eigenvalue weighted by Gasteiger charge is 2.31. The number of benzene rings is 7. The molecular weight excluding hydrogens is 1410 g/mol. The van der Waals surface area contributed by atoms with Crippen LogP contribution in [0.25, 0.3) is 66.8 Å². The lowest BCUT2D eigenvalue weighted by Crippen LogP contribution is -2.08. The lowest BCUT2D eigenvalue weighted by Gasteiger charge is -2.29. The monoisotopic (exact) mass is 1510 g/mol. The molecule has 0 bridgehead atoms. The number of esters is 6. The Bertz CT molecular complexity index is 3030. The molecule has 12 nitrogen and oxygen atoms in total. The lowest BCUT2D eigenvalue weighted by atomic mass is 9.74. The van der Waals surface area contributed by atoms with Crippen molar-refractivity contribution in [3.63, 3.8) is 0 Å². The van der Waals surface area contributed by atoms with Crippen LogP contribution in [0, 0.1) is 0 Å². The largest absolute Gasteiger partial charge is 0.462 e. The number of halogens is 6. The molecule has 0 unspecified atom stereocenters. The minimum atomic E-state index is -0.490. The van der Waals surface area contributed by atoms with Crippen LogP contribution in [0.5, 0.6) is 0 Å². The Hall–Kier alpha value is -6.90. The Morgan fingerprint density at radius 3 is 0.412 bits per heavy atom. The van der Waals surface area contributed by atoms with Gasteiger partial charge in [0.1, 0.15) is 0 Å². The van der Waals surface area contributed by atoms with Crippen LogP contribution in [0.3, 0.4) is 0 Å². The van der Waals surface area contributed by atoms with Crippen molar-refractivity contribution < 1.29 is 57.2 Å². The standard InChI is InChI=1S/C84H96Cl6O12/c85-49-13-1-7-19-55-97-79(91)67-37-25-61(26-38-67)73-74(62-27-39-68(40-28-62)80(92)98-56-20-8-2-14-50-86)76(64-31-43-70(44-32-64)82(94)100-58-22-10-4-16-52-88)78(66-35-47-72(48-36-66)84(96)102-60-24-12-6-18-54-90)77(65-33-45-71(46-34-65)83(95)101-59-23-11-5-17-53-89)75(73)63-29-41-69(42-30-63)81(93)99-57-21-9-3-15-51-87/h25-48H,1-24,49-60H2. The molecule has 102 heavy (non-hydrogen) atoms. The van der Waals surface area contributed by atoms with E-state index in [1.807, 2.05) is 72.8 Å². The van der Waals surface area contributed by atoms with Gasteiger partial charge in [-0.2, -0.15) is 0 Å². The topological polar surface area (TPSA) is 158 Å². The van der Waals surface area contributed by atoms with Gasteiger partial charge in [0.15, 0.2) is 0 Å². The van der Waals surface area contributed by atoms with Crippen molar-refractivity contribution in [1.82, 2.24) is 0 Å². The third-order valence-corrected chi connectivity index (χ3v) is 19.1. The van der Waals surface area contributed by atoms with E-state index < -0.39 is 35.8 Å². The van der Waals surface area contributed by atoms with E-state index in [9.17, 15) is 28.8 Å². The number of hydrogen-bond acceptors (Lipinski definition) is 12. The summed E-state index contributed by atoms with van der Waals surface area (Å²) in [6.07, 6.45) is 20.0. The molecule has 0 atom stereocenters. The third kappa shape index (κ3) is 26.4. The summed E-state index contributed by atoms with van der Waals surface area (Å²) in [6.45, 7) is 1.39. The Balaban J connectivity index is 1.56. The minimum absolute atomic E-state index is 0.232. The summed E-state index contributed by atoms with van der Waals surface area (Å²) in [5, 5.41) is 0. The second kappa shape index (κ2) is 47.5. The van der Waals surface area contributed by atoms with Crippen molar-refractivity contribution in [3.05, 3.63) is 179 Å². The van der Waals surface area contributed by atoms with Crippen molar-refractivity contribution in [3.8, 4) is 66.8 Å². The zero-order chi connectivity index (χ0) is 72.5. The van der Waals surface area contributed by atoms with Gasteiger partial charge in [-0.3, -0.25) is 0 Å². The Morgan fingerprint density at radius 1 is 0.176 bits per heavy atom. The smallest absolute Gasteiger partial charge is 0.338 e. The van der Waals surface area contributed by atoms with E-state index >= 15 is 0 Å². The highest BCUT2D eigenvalue weighted by molar-refractivity contribution is 6.19. The van der Waals surface area contributed by atoms with Crippen LogP contribution in [0.1, 0.15) is 216 Å². The number of hydrogen-bond donors (Lipinski definition) is 0. The van der Waals surface area contributed by atoms with Gasteiger partial charge in [0.25, 0.3) is 0 Å². The Morgan fingerprint density at radius 2 is 0.294 bits per heavy atom. The van der Waals surface area contributed by atoms with E-state index in [1.54, 1.807) is 72.8 Å². The maximum Gasteiger partial charge on any atom is 0.338 e. The molecule has 0 saturated heterocycles. The van der Waals surface area contributed by atoms with Gasteiger partial charge in [0.2, 0.25) is 0 Å². The SMILES string of the molecule is O=C(OCCCCCCCl)c1ccc(-c2c(-c3ccc(C(=O)OCCCCCCCl)cc3)c(-c3ccc(C(=O)OCCCCCCCl)cc3)c(-c3ccc(C(=O)OCCCCCCCl)cc3)c(-c3ccc(C(=O)OCCCCCCCl)cc3)c2-c2ccc(C(=O)OCCCCCCCl)cc2)cc1. The second-order valence-electron chi connectivity index (χ2n) is 25.1. The first-order valence-corrected chi connectivity index (χ1v) is 39.4. The van der Waals surface area contributed by atoms with E-state index in [0.29, 0.717) is 174 Å². The molecule has 0 aliphatic carbocycles. The van der Waals surface area contributed by atoms with Crippen LogP contribution in [0.2, 0.25) is 0 Å². The van der Waals surface area contributed by atoms with E-state index in [0.717, 1.165) is 116 Å². The Labute approximate surface area is 633 Å². The molecule has 0 aliphatic heterocycles. The summed E-state index contributed by atoms with van der Waals surface area (Å²) in [5.41, 5.74) is 9.80. The molecule has 7 aromatic rings. The number of ether oxygens (including phenoxy) is 6. The summed E-state index contributed by atoms with van der Waals surface area (Å²) >= 11 is 35.7. The molecule has 0 spiro atoms. The molecule has 18 heteroatoms. The van der Waals surface area contributed by atoms with Crippen LogP contribution in [-0.4, -0.2) is 111 Å². The summed E-state index contributed by atoms with van der Waals surface area (Å²) in [6, 6.07) is 43.5. The molecule has 0 aliphatic rings. The van der Waals surface area contributed by atoms with Gasteiger partial charge in [0.05, 0.1) is 73.0 Å². The fourth-order valence-corrected chi connectivity index (χ4v) is 13.0. The van der Waals surface area contributed by atoms with Gasteiger partial charge < -0.3 is 28.4 Å². The minimum Gasteiger partial charge on any atom is -0.462 e. The molecule has 0 amide bonds. The van der Waals surface area contributed by atoms with Gasteiger partial charge in [0, 0.05) is 35.3 Å². The second-order valence-corrected chi connectivity index (χ2v) is 27.4. The number of alkyl halides is 6. The lowest BCUT2D eigenvalue weighted by molar-refractivity contribution is 0.0488. The van der Waals surface area contributed by atoms with Crippen molar-refractivity contribution in [2.45, 2.75) is 154 Å². The van der Waals surface area contributed by atoms with Gasteiger partial charge in [-0.25, -0.2) is 28.8 Å². The average Bonchev–Trinajstić information content (AvgIpc) is 0.715. The summed E-state index contributed by atoms with van der Waals surface area (Å²) in [4.78, 5) is 83.8. The maximum atomic E-state index is 14.0. The quantitative estimate of drug-likeness (QED) is 0.0154. The summed E-state index contributed by atoms with van der Waals surface area (Å²) < 4.78 is 35.1. The van der Waals surface area contributed by atoms with E-state index in [1.165, 1.54) is 0 Å². The Kier molecular flexibility index (Phi) is 38.3. The van der Waals surface area contributed by atoms with Crippen molar-refractivity contribution in [2.24, 2.45) is 0 Å². The number of carbonyl (C=O) groups is 6. The van der Waals surface area contributed by atoms with Crippen LogP contribution in [-0.2, 0) is 28.4 Å². The molecule has 0 saturated carbocycles. The van der Waals surface area contributed by atoms with Gasteiger partial charge in [-0.1, -0.05) is 150 Å². The molecule has 7 rings (SSSR count).